The fourth-order valence-electron chi connectivity index (χ4n) is 2.11. The van der Waals surface area contributed by atoms with Gasteiger partial charge in [0.25, 0.3) is 5.91 Å². The number of amides is 1. The quantitative estimate of drug-likeness (QED) is 0.858. The Kier molecular flexibility index (Phi) is 5.31. The van der Waals surface area contributed by atoms with Crippen molar-refractivity contribution in [1.29, 1.82) is 0 Å². The van der Waals surface area contributed by atoms with Gasteiger partial charge in [-0.1, -0.05) is 22.9 Å². The third kappa shape index (κ3) is 3.92. The smallest absolute Gasteiger partial charge is 0.335 e. The van der Waals surface area contributed by atoms with Gasteiger partial charge in [0.15, 0.2) is 0 Å². The van der Waals surface area contributed by atoms with Crippen LogP contribution in [-0.2, 0) is 0 Å². The molecule has 1 N–H and O–H groups in total. The Balaban J connectivity index is 2.15. The van der Waals surface area contributed by atoms with Gasteiger partial charge in [-0.3, -0.25) is 4.79 Å². The van der Waals surface area contributed by atoms with Crippen LogP contribution in [0, 0.1) is 0 Å². The van der Waals surface area contributed by atoms with Crippen LogP contribution < -0.4 is 0 Å². The number of rotatable bonds is 5. The van der Waals surface area contributed by atoms with Crippen molar-refractivity contribution < 1.29 is 14.7 Å². The normalized spacial score (nSPS) is 12.0. The van der Waals surface area contributed by atoms with Crippen LogP contribution in [0.2, 0.25) is 0 Å². The van der Waals surface area contributed by atoms with Crippen LogP contribution in [0.25, 0.3) is 0 Å². The molecule has 1 atom stereocenters. The molecule has 0 aliphatic heterocycles. The van der Waals surface area contributed by atoms with Crippen LogP contribution in [0.5, 0.6) is 0 Å². The molecule has 7 heteroatoms. The molecule has 22 heavy (non-hydrogen) atoms. The predicted octanol–water partition coefficient (Wildman–Crippen LogP) is 3.48. The summed E-state index contributed by atoms with van der Waals surface area (Å²) in [7, 11) is 1.70. The van der Waals surface area contributed by atoms with E-state index in [1.807, 2.05) is 12.3 Å². The average Bonchev–Trinajstić information content (AvgIpc) is 2.99. The van der Waals surface area contributed by atoms with Crippen molar-refractivity contribution in [3.63, 3.8) is 0 Å². The molecule has 0 spiro atoms. The number of carbonyl (C=O) groups excluding carboxylic acids is 1. The molecule has 2 aromatic rings. The Hall–Kier alpha value is -1.73. The summed E-state index contributed by atoms with van der Waals surface area (Å²) >= 11 is 4.79. The van der Waals surface area contributed by atoms with E-state index in [4.69, 9.17) is 5.11 Å². The Morgan fingerprint density at radius 2 is 2.05 bits per heavy atom. The molecule has 0 bridgehead atoms. The molecule has 2 rings (SSSR count). The Bertz CT molecular complexity index is 688. The lowest BCUT2D eigenvalue weighted by atomic mass is 10.1. The first-order valence-corrected chi connectivity index (χ1v) is 8.24. The molecule has 1 heterocycles. The molecule has 116 valence electrons. The fraction of sp³-hybridized carbons (Fsp3) is 0.267. The fourth-order valence-corrected chi connectivity index (χ4v) is 3.29. The molecule has 5 nitrogen and oxygen atoms in total. The van der Waals surface area contributed by atoms with Crippen molar-refractivity contribution in [1.82, 2.24) is 9.88 Å². The largest absolute Gasteiger partial charge is 0.478 e. The average molecular weight is 383 g/mol. The van der Waals surface area contributed by atoms with E-state index in [2.05, 4.69) is 20.9 Å². The monoisotopic (exact) mass is 382 g/mol. The van der Waals surface area contributed by atoms with Crippen LogP contribution in [0.4, 0.5) is 0 Å². The van der Waals surface area contributed by atoms with Crippen LogP contribution in [-0.4, -0.2) is 40.5 Å². The number of carboxylic acids is 1. The zero-order valence-electron chi connectivity index (χ0n) is 12.1. The minimum absolute atomic E-state index is 0.0825. The molecule has 1 unspecified atom stereocenters. The molecule has 0 aliphatic carbocycles. The van der Waals surface area contributed by atoms with E-state index >= 15 is 0 Å². The number of hydrogen-bond acceptors (Lipinski definition) is 4. The summed E-state index contributed by atoms with van der Waals surface area (Å²) in [5.41, 5.74) is 0.430. The van der Waals surface area contributed by atoms with Crippen molar-refractivity contribution >= 4 is 39.1 Å². The van der Waals surface area contributed by atoms with Gasteiger partial charge in [0.05, 0.1) is 10.6 Å². The van der Waals surface area contributed by atoms with E-state index in [0.717, 1.165) is 5.01 Å². The molecular weight excluding hydrogens is 368 g/mol. The molecular formula is C15H15BrN2O3S. The number of halogens is 1. The summed E-state index contributed by atoms with van der Waals surface area (Å²) < 4.78 is 0.567. The zero-order valence-corrected chi connectivity index (χ0v) is 14.5. The number of carbonyl (C=O) groups is 2. The van der Waals surface area contributed by atoms with E-state index < -0.39 is 5.97 Å². The number of benzene rings is 1. The molecule has 0 fully saturated rings. The topological polar surface area (TPSA) is 70.5 Å². The molecule has 0 saturated carbocycles. The number of carboxylic acid groups (broad SMARTS) is 1. The highest BCUT2D eigenvalue weighted by atomic mass is 79.9. The SMILES string of the molecule is CC(CN(C)C(=O)c1cc(Br)cc(C(=O)O)c1)c1nccs1. The third-order valence-corrected chi connectivity index (χ3v) is 4.62. The number of aromatic carboxylic acids is 1. The number of likely N-dealkylation sites (N-methyl/N-ethyl adjacent to an activating group) is 1. The summed E-state index contributed by atoms with van der Waals surface area (Å²) in [5, 5.41) is 11.9. The van der Waals surface area contributed by atoms with E-state index in [-0.39, 0.29) is 17.4 Å². The van der Waals surface area contributed by atoms with Gasteiger partial charge in [-0.05, 0) is 18.2 Å². The molecule has 0 radical (unpaired) electrons. The molecule has 1 aromatic carbocycles. The maximum Gasteiger partial charge on any atom is 0.335 e. The molecule has 1 amide bonds. The molecule has 0 aliphatic rings. The standard InChI is InChI=1S/C15H15BrN2O3S/c1-9(13-17-3-4-22-13)8-18(2)14(19)10-5-11(15(20)21)7-12(16)6-10/h3-7,9H,8H2,1-2H3,(H,20,21). The van der Waals surface area contributed by atoms with Crippen LogP contribution in [0.3, 0.4) is 0 Å². The van der Waals surface area contributed by atoms with Gasteiger partial charge in [0, 0.05) is 41.1 Å². The Morgan fingerprint density at radius 1 is 1.36 bits per heavy atom. The van der Waals surface area contributed by atoms with Crippen molar-refractivity contribution in [2.24, 2.45) is 0 Å². The summed E-state index contributed by atoms with van der Waals surface area (Å²) in [5.74, 6) is -1.15. The minimum atomic E-state index is -1.06. The van der Waals surface area contributed by atoms with Gasteiger partial charge in [-0.2, -0.15) is 0 Å². The maximum absolute atomic E-state index is 12.5. The number of aromatic nitrogens is 1. The second-order valence-corrected chi connectivity index (χ2v) is 6.83. The van der Waals surface area contributed by atoms with Crippen LogP contribution in [0.15, 0.2) is 34.2 Å². The van der Waals surface area contributed by atoms with Crippen LogP contribution >= 0.6 is 27.3 Å². The summed E-state index contributed by atoms with van der Waals surface area (Å²) in [6.07, 6.45) is 1.74. The van der Waals surface area contributed by atoms with Crippen molar-refractivity contribution in [3.05, 3.63) is 50.4 Å². The highest BCUT2D eigenvalue weighted by molar-refractivity contribution is 9.10. The first-order valence-electron chi connectivity index (χ1n) is 6.57. The predicted molar refractivity (Wildman–Crippen MR) is 88.6 cm³/mol. The van der Waals surface area contributed by atoms with Gasteiger partial charge in [0.2, 0.25) is 0 Å². The van der Waals surface area contributed by atoms with E-state index in [1.54, 1.807) is 35.5 Å². The Morgan fingerprint density at radius 3 is 2.64 bits per heavy atom. The molecule has 1 aromatic heterocycles. The second-order valence-electron chi connectivity index (χ2n) is 4.99. The van der Waals surface area contributed by atoms with Gasteiger partial charge in [0.1, 0.15) is 0 Å². The van der Waals surface area contributed by atoms with Crippen LogP contribution in [0.1, 0.15) is 38.6 Å². The van der Waals surface area contributed by atoms with Crippen molar-refractivity contribution in [2.45, 2.75) is 12.8 Å². The van der Waals surface area contributed by atoms with E-state index in [1.165, 1.54) is 12.1 Å². The maximum atomic E-state index is 12.5. The Labute approximate surface area is 140 Å². The van der Waals surface area contributed by atoms with E-state index in [9.17, 15) is 9.59 Å². The van der Waals surface area contributed by atoms with Gasteiger partial charge in [-0.25, -0.2) is 9.78 Å². The summed E-state index contributed by atoms with van der Waals surface area (Å²) in [4.78, 5) is 29.4. The number of thiazole rings is 1. The number of nitrogens with zero attached hydrogens (tertiary/aromatic N) is 2. The zero-order chi connectivity index (χ0) is 16.3. The lowest BCUT2D eigenvalue weighted by Crippen LogP contribution is -2.30. The third-order valence-electron chi connectivity index (χ3n) is 3.16. The highest BCUT2D eigenvalue weighted by Gasteiger charge is 2.18. The second kappa shape index (κ2) is 7.02. The highest BCUT2D eigenvalue weighted by Crippen LogP contribution is 2.21. The lowest BCUT2D eigenvalue weighted by molar-refractivity contribution is 0.0697. The minimum Gasteiger partial charge on any atom is -0.478 e. The first kappa shape index (κ1) is 16.6. The lowest BCUT2D eigenvalue weighted by Gasteiger charge is -2.21. The summed E-state index contributed by atoms with van der Waals surface area (Å²) in [6.45, 7) is 2.52. The summed E-state index contributed by atoms with van der Waals surface area (Å²) in [6, 6.07) is 4.48. The van der Waals surface area contributed by atoms with Gasteiger partial charge < -0.3 is 10.0 Å². The van der Waals surface area contributed by atoms with Gasteiger partial charge in [-0.15, -0.1) is 11.3 Å². The van der Waals surface area contributed by atoms with Crippen molar-refractivity contribution in [3.8, 4) is 0 Å². The molecule has 0 saturated heterocycles. The van der Waals surface area contributed by atoms with E-state index in [0.29, 0.717) is 16.6 Å². The van der Waals surface area contributed by atoms with Crippen molar-refractivity contribution in [2.75, 3.05) is 13.6 Å². The van der Waals surface area contributed by atoms with Gasteiger partial charge >= 0.3 is 5.97 Å². The number of hydrogen-bond donors (Lipinski definition) is 1. The first-order chi connectivity index (χ1) is 10.4.